The first kappa shape index (κ1) is 25.0. The van der Waals surface area contributed by atoms with Crippen LogP contribution in [0.15, 0.2) is 54.6 Å². The monoisotopic (exact) mass is 422 g/mol. The quantitative estimate of drug-likeness (QED) is 0.485. The molecule has 1 N–H and O–H groups in total. The molecule has 3 unspecified atom stereocenters. The molecule has 0 saturated carbocycles. The fourth-order valence-corrected chi connectivity index (χ4v) is 4.19. The number of carbonyl (C=O) groups is 2. The Hall–Kier alpha value is -2.30. The van der Waals surface area contributed by atoms with Crippen LogP contribution in [0.4, 0.5) is 0 Å². The first-order valence-corrected chi connectivity index (χ1v) is 11.6. The van der Waals surface area contributed by atoms with Crippen molar-refractivity contribution < 1.29 is 9.59 Å². The van der Waals surface area contributed by atoms with Crippen LogP contribution < -0.4 is 5.32 Å². The number of carbonyl (C=O) groups excluding carboxylic acids is 2. The van der Waals surface area contributed by atoms with Crippen molar-refractivity contribution in [1.29, 1.82) is 0 Å². The largest absolute Gasteiger partial charge is 0.304 e. The van der Waals surface area contributed by atoms with Crippen LogP contribution in [0.2, 0.25) is 0 Å². The molecule has 3 atom stereocenters. The van der Waals surface area contributed by atoms with E-state index in [0.717, 1.165) is 36.3 Å². The van der Waals surface area contributed by atoms with E-state index in [9.17, 15) is 9.59 Å². The zero-order valence-electron chi connectivity index (χ0n) is 19.7. The number of hydrogen-bond acceptors (Lipinski definition) is 4. The molecule has 0 aliphatic heterocycles. The summed E-state index contributed by atoms with van der Waals surface area (Å²) in [5.41, 5.74) is 3.17. The summed E-state index contributed by atoms with van der Waals surface area (Å²) in [7, 11) is 0. The lowest BCUT2D eigenvalue weighted by Gasteiger charge is -2.29. The lowest BCUT2D eigenvalue weighted by molar-refractivity contribution is -0.125. The average molecular weight is 423 g/mol. The third-order valence-electron chi connectivity index (χ3n) is 5.98. The molecular formula is C27H38N2O2. The molecule has 0 bridgehead atoms. The summed E-state index contributed by atoms with van der Waals surface area (Å²) in [6.45, 7) is 12.6. The van der Waals surface area contributed by atoms with Crippen molar-refractivity contribution in [2.45, 2.75) is 59.5 Å². The van der Waals surface area contributed by atoms with Gasteiger partial charge in [-0.2, -0.15) is 0 Å². The zero-order valence-corrected chi connectivity index (χ0v) is 19.7. The lowest BCUT2D eigenvalue weighted by Crippen LogP contribution is -2.34. The minimum absolute atomic E-state index is 0.106. The van der Waals surface area contributed by atoms with Crippen molar-refractivity contribution in [2.24, 2.45) is 5.92 Å². The van der Waals surface area contributed by atoms with Crippen molar-refractivity contribution in [3.05, 3.63) is 71.3 Å². The van der Waals surface area contributed by atoms with Crippen LogP contribution in [0.25, 0.3) is 0 Å². The van der Waals surface area contributed by atoms with E-state index in [1.165, 1.54) is 0 Å². The first-order valence-electron chi connectivity index (χ1n) is 11.6. The minimum atomic E-state index is -0.283. The second kappa shape index (κ2) is 12.5. The van der Waals surface area contributed by atoms with Crippen molar-refractivity contribution >= 4 is 11.6 Å². The Morgan fingerprint density at radius 3 is 2.00 bits per heavy atom. The van der Waals surface area contributed by atoms with Crippen LogP contribution in [0.3, 0.4) is 0 Å². The van der Waals surface area contributed by atoms with Crippen molar-refractivity contribution in [3.8, 4) is 0 Å². The Labute approximate surface area is 188 Å². The second-order valence-corrected chi connectivity index (χ2v) is 8.09. The number of ketones is 2. The number of Topliss-reactive ketones (excluding diaryl/α,β-unsaturated/α-hetero) is 2. The number of nitrogens with zero attached hydrogens (tertiary/aromatic N) is 1. The molecule has 4 heteroatoms. The molecule has 0 fully saturated rings. The molecule has 2 aromatic rings. The van der Waals surface area contributed by atoms with Gasteiger partial charge in [-0.3, -0.25) is 14.5 Å². The van der Waals surface area contributed by atoms with Gasteiger partial charge >= 0.3 is 0 Å². The Bertz CT molecular complexity index is 813. The molecule has 0 aliphatic rings. The molecule has 0 aliphatic carbocycles. The maximum absolute atomic E-state index is 13.2. The highest BCUT2D eigenvalue weighted by atomic mass is 16.1. The Balaban J connectivity index is 2.15. The van der Waals surface area contributed by atoms with Gasteiger partial charge in [-0.05, 0) is 42.7 Å². The maximum atomic E-state index is 13.2. The third-order valence-corrected chi connectivity index (χ3v) is 5.98. The van der Waals surface area contributed by atoms with E-state index in [4.69, 9.17) is 0 Å². The minimum Gasteiger partial charge on any atom is -0.304 e. The fourth-order valence-electron chi connectivity index (χ4n) is 4.19. The Kier molecular flexibility index (Phi) is 10.1. The molecule has 31 heavy (non-hydrogen) atoms. The molecule has 0 spiro atoms. The predicted molar refractivity (Wildman–Crippen MR) is 128 cm³/mol. The van der Waals surface area contributed by atoms with E-state index in [1.54, 1.807) is 0 Å². The molecule has 0 amide bonds. The number of nitrogens with one attached hydrogen (secondary N) is 1. The highest BCUT2D eigenvalue weighted by Gasteiger charge is 2.26. The Morgan fingerprint density at radius 2 is 1.48 bits per heavy atom. The van der Waals surface area contributed by atoms with E-state index in [2.05, 4.69) is 48.3 Å². The summed E-state index contributed by atoms with van der Waals surface area (Å²) in [6.07, 6.45) is 1.21. The first-order chi connectivity index (χ1) is 15.0. The van der Waals surface area contributed by atoms with E-state index < -0.39 is 0 Å². The standard InChI is InChI=1S/C27H38N2O2/c1-6-24(30)26(29(8-3)9-4)23-17-15-21(16-18-23)19-20(5)27(31)25(28-7-2)22-13-11-10-12-14-22/h10-18,20,25-26,28H,6-9,19H2,1-5H3. The smallest absolute Gasteiger partial charge is 0.157 e. The maximum Gasteiger partial charge on any atom is 0.157 e. The number of likely N-dealkylation sites (N-methyl/N-ethyl adjacent to an activating group) is 2. The van der Waals surface area contributed by atoms with Gasteiger partial charge in [0.05, 0.1) is 12.1 Å². The SMILES string of the molecule is CCNC(C(=O)C(C)Cc1ccc(C(C(=O)CC)N(CC)CC)cc1)c1ccccc1. The molecule has 2 aromatic carbocycles. The van der Waals surface area contributed by atoms with E-state index in [-0.39, 0.29) is 29.6 Å². The van der Waals surface area contributed by atoms with Crippen molar-refractivity contribution in [2.75, 3.05) is 19.6 Å². The fraction of sp³-hybridized carbons (Fsp3) is 0.481. The van der Waals surface area contributed by atoms with Gasteiger partial charge in [0.15, 0.2) is 11.6 Å². The highest BCUT2D eigenvalue weighted by molar-refractivity contribution is 5.87. The molecule has 0 radical (unpaired) electrons. The molecule has 0 aromatic heterocycles. The van der Waals surface area contributed by atoms with Gasteiger partial charge in [-0.25, -0.2) is 0 Å². The molecular weight excluding hydrogens is 384 g/mol. The van der Waals surface area contributed by atoms with E-state index in [0.29, 0.717) is 12.8 Å². The molecule has 4 nitrogen and oxygen atoms in total. The second-order valence-electron chi connectivity index (χ2n) is 8.09. The summed E-state index contributed by atoms with van der Waals surface area (Å²) < 4.78 is 0. The predicted octanol–water partition coefficient (Wildman–Crippen LogP) is 5.15. The molecule has 2 rings (SSSR count). The molecule has 168 valence electrons. The van der Waals surface area contributed by atoms with Gasteiger partial charge in [0.2, 0.25) is 0 Å². The zero-order chi connectivity index (χ0) is 22.8. The van der Waals surface area contributed by atoms with Crippen LogP contribution in [0.5, 0.6) is 0 Å². The van der Waals surface area contributed by atoms with Crippen LogP contribution in [-0.4, -0.2) is 36.1 Å². The summed E-state index contributed by atoms with van der Waals surface area (Å²) >= 11 is 0. The molecule has 0 saturated heterocycles. The number of hydrogen-bond donors (Lipinski definition) is 1. The van der Waals surface area contributed by atoms with Crippen molar-refractivity contribution in [1.82, 2.24) is 10.2 Å². The molecule has 0 heterocycles. The van der Waals surface area contributed by atoms with Crippen LogP contribution in [0.1, 0.15) is 69.8 Å². The van der Waals surface area contributed by atoms with Crippen LogP contribution in [-0.2, 0) is 16.0 Å². The Morgan fingerprint density at radius 1 is 0.871 bits per heavy atom. The van der Waals surface area contributed by atoms with Gasteiger partial charge < -0.3 is 5.32 Å². The number of benzene rings is 2. The topological polar surface area (TPSA) is 49.4 Å². The van der Waals surface area contributed by atoms with Gasteiger partial charge in [0.25, 0.3) is 0 Å². The van der Waals surface area contributed by atoms with Crippen molar-refractivity contribution in [3.63, 3.8) is 0 Å². The van der Waals surface area contributed by atoms with Gasteiger partial charge in [-0.1, -0.05) is 89.2 Å². The summed E-state index contributed by atoms with van der Waals surface area (Å²) in [5, 5.41) is 3.34. The summed E-state index contributed by atoms with van der Waals surface area (Å²) in [5.74, 6) is 0.349. The van der Waals surface area contributed by atoms with Gasteiger partial charge in [0.1, 0.15) is 0 Å². The summed E-state index contributed by atoms with van der Waals surface area (Å²) in [6, 6.07) is 17.7. The third kappa shape index (κ3) is 6.59. The highest BCUT2D eigenvalue weighted by Crippen LogP contribution is 2.25. The van der Waals surface area contributed by atoms with Gasteiger partial charge in [-0.15, -0.1) is 0 Å². The van der Waals surface area contributed by atoms with Gasteiger partial charge in [0, 0.05) is 12.3 Å². The van der Waals surface area contributed by atoms with E-state index >= 15 is 0 Å². The average Bonchev–Trinajstić information content (AvgIpc) is 2.81. The number of rotatable bonds is 13. The summed E-state index contributed by atoms with van der Waals surface area (Å²) in [4.78, 5) is 28.0. The van der Waals surface area contributed by atoms with Crippen LogP contribution in [0, 0.1) is 5.92 Å². The lowest BCUT2D eigenvalue weighted by atomic mass is 9.89. The van der Waals surface area contributed by atoms with Crippen LogP contribution >= 0.6 is 0 Å². The van der Waals surface area contributed by atoms with E-state index in [1.807, 2.05) is 51.1 Å². The normalized spacial score (nSPS) is 14.3.